The van der Waals surface area contributed by atoms with E-state index in [9.17, 15) is 28.8 Å². The Kier molecular flexibility index (Phi) is 13.9. The quantitative estimate of drug-likeness (QED) is 0.121. The molecule has 0 radical (unpaired) electrons. The van der Waals surface area contributed by atoms with Gasteiger partial charge >= 0.3 is 5.97 Å². The second-order valence-corrected chi connectivity index (χ2v) is 11.1. The van der Waals surface area contributed by atoms with Crippen molar-refractivity contribution in [1.82, 2.24) is 15.5 Å². The lowest BCUT2D eigenvalue weighted by Gasteiger charge is -2.27. The Bertz CT molecular complexity index is 1230. The van der Waals surface area contributed by atoms with Crippen LogP contribution in [-0.2, 0) is 42.9 Å². The fraction of sp³-hybridized carbons (Fsp3) is 0.600. The molecule has 1 aromatic carbocycles. The first-order chi connectivity index (χ1) is 21.5. The summed E-state index contributed by atoms with van der Waals surface area (Å²) < 4.78 is 32.3. The van der Waals surface area contributed by atoms with E-state index in [1.54, 1.807) is 0 Å². The molecule has 2 aliphatic rings. The maximum Gasteiger partial charge on any atom is 0.308 e. The number of nitrogens with zero attached hydrogens (tertiary/aromatic N) is 1. The third-order valence-electron chi connectivity index (χ3n) is 6.34. The topological polar surface area (TPSA) is 185 Å². The number of hydrogen-bond donors (Lipinski definition) is 2. The average Bonchev–Trinajstić information content (AvgIpc) is 3.22. The average molecular weight is 636 g/mol. The molecule has 0 spiro atoms. The summed E-state index contributed by atoms with van der Waals surface area (Å²) in [5.74, 6) is -3.27. The molecule has 1 fully saturated rings. The number of rotatable bonds is 19. The maximum atomic E-state index is 13.1. The van der Waals surface area contributed by atoms with E-state index >= 15 is 0 Å². The van der Waals surface area contributed by atoms with Crippen molar-refractivity contribution in [1.29, 1.82) is 0 Å². The summed E-state index contributed by atoms with van der Waals surface area (Å²) in [6.45, 7) is 7.89. The van der Waals surface area contributed by atoms with Crippen molar-refractivity contribution in [3.8, 4) is 5.75 Å². The number of imide groups is 2. The standard InChI is InChI=1S/C30H41N3O12/c1-30(2,3)45-25(36)9-11-40-13-15-42-17-18-43-16-14-41-12-10-31-24(35)19-44-22-6-4-5-20-26(22)29(39)33(28(20)38)21-7-8-23(34)32-27(21)37/h4-6,21H,7-19H2,1-3H3,(H,31,35)(H,32,34,37). The van der Waals surface area contributed by atoms with Gasteiger partial charge in [0, 0.05) is 13.0 Å². The van der Waals surface area contributed by atoms with Crippen LogP contribution < -0.4 is 15.4 Å². The summed E-state index contributed by atoms with van der Waals surface area (Å²) in [4.78, 5) is 74.3. The fourth-order valence-corrected chi connectivity index (χ4v) is 4.37. The number of nitrogens with one attached hydrogen (secondary N) is 2. The Morgan fingerprint density at radius 3 is 2.13 bits per heavy atom. The molecule has 15 nitrogen and oxygen atoms in total. The molecule has 1 atom stereocenters. The fourth-order valence-electron chi connectivity index (χ4n) is 4.37. The lowest BCUT2D eigenvalue weighted by atomic mass is 10.0. The summed E-state index contributed by atoms with van der Waals surface area (Å²) in [5, 5.41) is 4.78. The Morgan fingerprint density at radius 2 is 1.51 bits per heavy atom. The highest BCUT2D eigenvalue weighted by Gasteiger charge is 2.46. The van der Waals surface area contributed by atoms with Crippen molar-refractivity contribution in [3.63, 3.8) is 0 Å². The molecule has 2 aliphatic heterocycles. The molecule has 0 aliphatic carbocycles. The number of ether oxygens (including phenoxy) is 6. The van der Waals surface area contributed by atoms with Crippen LogP contribution in [0.2, 0.25) is 0 Å². The van der Waals surface area contributed by atoms with Crippen LogP contribution in [0.25, 0.3) is 0 Å². The van der Waals surface area contributed by atoms with E-state index in [0.29, 0.717) is 39.6 Å². The summed E-state index contributed by atoms with van der Waals surface area (Å²) in [7, 11) is 0. The Balaban J connectivity index is 1.20. The van der Waals surface area contributed by atoms with Gasteiger partial charge in [0.15, 0.2) is 6.61 Å². The van der Waals surface area contributed by atoms with E-state index in [2.05, 4.69) is 10.6 Å². The van der Waals surface area contributed by atoms with Gasteiger partial charge in [0.05, 0.1) is 70.4 Å². The van der Waals surface area contributed by atoms with Crippen LogP contribution >= 0.6 is 0 Å². The molecule has 1 aromatic rings. The molecular formula is C30H41N3O12. The molecule has 0 bridgehead atoms. The zero-order chi connectivity index (χ0) is 32.8. The molecule has 0 aromatic heterocycles. The zero-order valence-corrected chi connectivity index (χ0v) is 25.8. The summed E-state index contributed by atoms with van der Waals surface area (Å²) in [5.41, 5.74) is -0.478. The minimum atomic E-state index is -1.10. The van der Waals surface area contributed by atoms with Crippen LogP contribution in [-0.4, -0.2) is 118 Å². The van der Waals surface area contributed by atoms with Gasteiger partial charge in [-0.3, -0.25) is 39.0 Å². The highest BCUT2D eigenvalue weighted by atomic mass is 16.6. The SMILES string of the molecule is CC(C)(C)OC(=O)CCOCCOCCOCCOCCNC(=O)COc1cccc2c1C(=O)N(C1CCC(=O)NC1=O)C2=O. The van der Waals surface area contributed by atoms with Crippen molar-refractivity contribution in [2.75, 3.05) is 66.0 Å². The van der Waals surface area contributed by atoms with Gasteiger partial charge < -0.3 is 33.7 Å². The van der Waals surface area contributed by atoms with Gasteiger partial charge in [-0.25, -0.2) is 0 Å². The van der Waals surface area contributed by atoms with E-state index in [0.717, 1.165) is 4.90 Å². The van der Waals surface area contributed by atoms with Crippen LogP contribution in [0, 0.1) is 0 Å². The van der Waals surface area contributed by atoms with Gasteiger partial charge in [0.1, 0.15) is 17.4 Å². The molecule has 45 heavy (non-hydrogen) atoms. The molecule has 2 heterocycles. The predicted octanol–water partition coefficient (Wildman–Crippen LogP) is 0.381. The number of carbonyl (C=O) groups excluding carboxylic acids is 6. The summed E-state index contributed by atoms with van der Waals surface area (Å²) in [6, 6.07) is 3.32. The second-order valence-electron chi connectivity index (χ2n) is 11.1. The highest BCUT2D eigenvalue weighted by molar-refractivity contribution is 6.24. The molecule has 248 valence electrons. The minimum absolute atomic E-state index is 0.0110. The van der Waals surface area contributed by atoms with Crippen LogP contribution in [0.5, 0.6) is 5.75 Å². The monoisotopic (exact) mass is 635 g/mol. The summed E-state index contributed by atoms with van der Waals surface area (Å²) >= 11 is 0. The van der Waals surface area contributed by atoms with Crippen LogP contribution in [0.3, 0.4) is 0 Å². The van der Waals surface area contributed by atoms with Crippen molar-refractivity contribution in [2.24, 2.45) is 0 Å². The molecule has 1 saturated heterocycles. The van der Waals surface area contributed by atoms with Crippen molar-refractivity contribution in [2.45, 2.75) is 51.7 Å². The van der Waals surface area contributed by atoms with Gasteiger partial charge in [-0.1, -0.05) is 6.07 Å². The third-order valence-corrected chi connectivity index (χ3v) is 6.34. The summed E-state index contributed by atoms with van der Waals surface area (Å²) in [6.07, 6.45) is 0.235. The first-order valence-electron chi connectivity index (χ1n) is 14.7. The number of fused-ring (bicyclic) bond motifs is 1. The van der Waals surface area contributed by atoms with Crippen LogP contribution in [0.4, 0.5) is 0 Å². The maximum absolute atomic E-state index is 13.1. The molecule has 3 rings (SSSR count). The number of amides is 5. The number of carbonyl (C=O) groups is 6. The highest BCUT2D eigenvalue weighted by Crippen LogP contribution is 2.33. The normalized spacial score (nSPS) is 16.4. The lowest BCUT2D eigenvalue weighted by Crippen LogP contribution is -2.54. The molecule has 15 heteroatoms. The number of benzene rings is 1. The van der Waals surface area contributed by atoms with Gasteiger partial charge in [-0.15, -0.1) is 0 Å². The first-order valence-corrected chi connectivity index (χ1v) is 14.7. The van der Waals surface area contributed by atoms with E-state index in [1.807, 2.05) is 20.8 Å². The number of hydrogen-bond acceptors (Lipinski definition) is 12. The van der Waals surface area contributed by atoms with Gasteiger partial charge in [0.2, 0.25) is 11.8 Å². The van der Waals surface area contributed by atoms with E-state index in [-0.39, 0.29) is 61.9 Å². The van der Waals surface area contributed by atoms with Crippen LogP contribution in [0.1, 0.15) is 60.7 Å². The largest absolute Gasteiger partial charge is 0.483 e. The van der Waals surface area contributed by atoms with Gasteiger partial charge in [-0.2, -0.15) is 0 Å². The smallest absolute Gasteiger partial charge is 0.308 e. The van der Waals surface area contributed by atoms with Crippen molar-refractivity contribution in [3.05, 3.63) is 29.3 Å². The van der Waals surface area contributed by atoms with Crippen molar-refractivity contribution >= 4 is 35.5 Å². The van der Waals surface area contributed by atoms with E-state index in [4.69, 9.17) is 28.4 Å². The Labute approximate surface area is 261 Å². The second kappa shape index (κ2) is 17.5. The number of piperidine rings is 1. The predicted molar refractivity (Wildman–Crippen MR) is 155 cm³/mol. The van der Waals surface area contributed by atoms with Crippen LogP contribution in [0.15, 0.2) is 18.2 Å². The lowest BCUT2D eigenvalue weighted by molar-refractivity contribution is -0.156. The van der Waals surface area contributed by atoms with Gasteiger partial charge in [-0.05, 0) is 39.3 Å². The molecular weight excluding hydrogens is 594 g/mol. The third kappa shape index (κ3) is 11.5. The number of esters is 1. The van der Waals surface area contributed by atoms with E-state index in [1.165, 1.54) is 18.2 Å². The zero-order valence-electron chi connectivity index (χ0n) is 25.8. The minimum Gasteiger partial charge on any atom is -0.483 e. The molecule has 5 amide bonds. The van der Waals surface area contributed by atoms with E-state index < -0.39 is 47.8 Å². The Hall–Kier alpha value is -3.92. The Morgan fingerprint density at radius 1 is 0.889 bits per heavy atom. The first kappa shape index (κ1) is 35.6. The molecule has 0 saturated carbocycles. The van der Waals surface area contributed by atoms with Crippen molar-refractivity contribution < 1.29 is 57.2 Å². The van der Waals surface area contributed by atoms with Gasteiger partial charge in [0.25, 0.3) is 17.7 Å². The molecule has 1 unspecified atom stereocenters. The molecule has 2 N–H and O–H groups in total.